The summed E-state index contributed by atoms with van der Waals surface area (Å²) in [4.78, 5) is 2.52. The van der Waals surface area contributed by atoms with Crippen molar-refractivity contribution in [3.8, 4) is 11.8 Å². The van der Waals surface area contributed by atoms with E-state index in [9.17, 15) is 0 Å². The highest BCUT2D eigenvalue weighted by atomic mass is 28.3. The fraction of sp³-hybridized carbons (Fsp3) is 0.579. The van der Waals surface area contributed by atoms with E-state index in [1.807, 2.05) is 0 Å². The molecule has 2 heteroatoms. The van der Waals surface area contributed by atoms with Crippen LogP contribution in [0.5, 0.6) is 0 Å². The fourth-order valence-corrected chi connectivity index (χ4v) is 2.69. The Bertz CT molecular complexity index is 431. The third-order valence-electron chi connectivity index (χ3n) is 3.54. The molecular weight excluding hydrogens is 270 g/mol. The Kier molecular flexibility index (Phi) is 8.93. The Morgan fingerprint density at radius 1 is 0.952 bits per heavy atom. The summed E-state index contributed by atoms with van der Waals surface area (Å²) >= 11 is 0. The molecule has 1 nitrogen and oxygen atoms in total. The second-order valence-electron chi connectivity index (χ2n) is 6.14. The molecule has 0 saturated heterocycles. The van der Waals surface area contributed by atoms with Crippen molar-refractivity contribution in [2.24, 2.45) is 0 Å². The highest BCUT2D eigenvalue weighted by Gasteiger charge is 2.05. The molecule has 0 N–H and O–H groups in total. The van der Waals surface area contributed by atoms with Gasteiger partial charge < -0.3 is 4.90 Å². The van der Waals surface area contributed by atoms with Gasteiger partial charge in [0, 0.05) is 39.2 Å². The Morgan fingerprint density at radius 3 is 2.00 bits per heavy atom. The van der Waals surface area contributed by atoms with Gasteiger partial charge in [0.05, 0.1) is 0 Å². The lowest BCUT2D eigenvalue weighted by atomic mass is 10.1. The van der Waals surface area contributed by atoms with Crippen LogP contribution < -0.4 is 4.90 Å². The number of hydrogen-bond donors (Lipinski definition) is 0. The third-order valence-corrected chi connectivity index (χ3v) is 4.56. The molecule has 0 saturated carbocycles. The second-order valence-corrected chi connectivity index (χ2v) is 9.34. The van der Waals surface area contributed by atoms with Crippen LogP contribution in [-0.4, -0.2) is 21.9 Å². The molecule has 1 aromatic carbocycles. The molecule has 0 aliphatic heterocycles. The van der Waals surface area contributed by atoms with Gasteiger partial charge in [-0.05, 0) is 37.1 Å². The Hall–Kier alpha value is -1.20. The zero-order valence-electron chi connectivity index (χ0n) is 14.3. The molecule has 0 aliphatic carbocycles. The molecule has 0 radical (unpaired) electrons. The van der Waals surface area contributed by atoms with Crippen molar-refractivity contribution in [1.82, 2.24) is 0 Å². The molecule has 116 valence electrons. The summed E-state index contributed by atoms with van der Waals surface area (Å²) in [6, 6.07) is 9.94. The molecule has 0 atom stereocenters. The molecule has 0 bridgehead atoms. The molecule has 0 spiro atoms. The van der Waals surface area contributed by atoms with Crippen LogP contribution in [0.1, 0.15) is 45.1 Å². The number of nitrogens with zero attached hydrogens (tertiary/aromatic N) is 1. The highest BCUT2D eigenvalue weighted by Crippen LogP contribution is 2.16. The van der Waals surface area contributed by atoms with Gasteiger partial charge in [-0.1, -0.05) is 45.7 Å². The summed E-state index contributed by atoms with van der Waals surface area (Å²) in [6.45, 7) is 11.5. The van der Waals surface area contributed by atoms with Crippen molar-refractivity contribution in [3.63, 3.8) is 0 Å². The molecule has 0 aliphatic rings. The zero-order valence-corrected chi connectivity index (χ0v) is 15.4. The lowest BCUT2D eigenvalue weighted by molar-refractivity contribution is 0.678. The summed E-state index contributed by atoms with van der Waals surface area (Å²) in [7, 11) is -0.546. The molecule has 1 rings (SSSR count). The minimum absolute atomic E-state index is 0.546. The largest absolute Gasteiger partial charge is 0.372 e. The lowest BCUT2D eigenvalue weighted by Gasteiger charge is -2.24. The first kappa shape index (κ1) is 17.8. The highest BCUT2D eigenvalue weighted by molar-refractivity contribution is 6.56. The molecule has 0 amide bonds. The number of unbranched alkanes of at least 4 members (excludes halogenated alkanes) is 2. The van der Waals surface area contributed by atoms with Crippen LogP contribution >= 0.6 is 0 Å². The van der Waals surface area contributed by atoms with Gasteiger partial charge in [0.15, 0.2) is 0 Å². The summed E-state index contributed by atoms with van der Waals surface area (Å²) in [5, 5.41) is 0. The monoisotopic (exact) mass is 301 g/mol. The quantitative estimate of drug-likeness (QED) is 0.486. The topological polar surface area (TPSA) is 3.24 Å². The maximum Gasteiger partial charge on any atom is 0.0443 e. The van der Waals surface area contributed by atoms with E-state index in [0.29, 0.717) is 0 Å². The van der Waals surface area contributed by atoms with Gasteiger partial charge in [-0.2, -0.15) is 0 Å². The Balaban J connectivity index is 2.68. The number of benzene rings is 1. The van der Waals surface area contributed by atoms with E-state index < -0.39 is 8.80 Å². The second kappa shape index (κ2) is 10.5. The van der Waals surface area contributed by atoms with E-state index in [4.69, 9.17) is 0 Å². The zero-order chi connectivity index (χ0) is 15.5. The molecule has 21 heavy (non-hydrogen) atoms. The van der Waals surface area contributed by atoms with E-state index in [-0.39, 0.29) is 0 Å². The summed E-state index contributed by atoms with van der Waals surface area (Å²) in [5.74, 6) is 6.61. The van der Waals surface area contributed by atoms with Crippen LogP contribution in [-0.2, 0) is 0 Å². The normalized spacial score (nSPS) is 10.3. The predicted octanol–water partition coefficient (Wildman–Crippen LogP) is 4.93. The first-order chi connectivity index (χ1) is 10.2. The van der Waals surface area contributed by atoms with Gasteiger partial charge in [-0.15, -0.1) is 5.92 Å². The minimum atomic E-state index is -0.546. The van der Waals surface area contributed by atoms with Gasteiger partial charge in [-0.25, -0.2) is 0 Å². The lowest BCUT2D eigenvalue weighted by Crippen LogP contribution is -2.25. The van der Waals surface area contributed by atoms with Crippen molar-refractivity contribution in [2.75, 3.05) is 18.0 Å². The van der Waals surface area contributed by atoms with Gasteiger partial charge in [0.2, 0.25) is 0 Å². The SMILES string of the molecule is CCCCN(CCCC)c1ccc(C#CC[SiH](C)C)cc1. The standard InChI is InChI=1S/C19H31NSi/c1-5-7-15-20(16-8-6-2)19-13-11-18(12-14-19)10-9-17-21(3)4/h11-14,21H,5-8,15-17H2,1-4H3. The predicted molar refractivity (Wildman–Crippen MR) is 99.0 cm³/mol. The molecule has 0 fully saturated rings. The van der Waals surface area contributed by atoms with Crippen LogP contribution in [0.15, 0.2) is 24.3 Å². The average molecular weight is 302 g/mol. The molecule has 1 aromatic rings. The van der Waals surface area contributed by atoms with Crippen molar-refractivity contribution < 1.29 is 0 Å². The third kappa shape index (κ3) is 7.39. The smallest absolute Gasteiger partial charge is 0.0443 e. The van der Waals surface area contributed by atoms with Crippen molar-refractivity contribution in [2.45, 2.75) is 58.7 Å². The minimum Gasteiger partial charge on any atom is -0.372 e. The van der Waals surface area contributed by atoms with Crippen LogP contribution in [0.2, 0.25) is 19.1 Å². The summed E-state index contributed by atoms with van der Waals surface area (Å²) in [6.07, 6.45) is 5.05. The number of anilines is 1. The van der Waals surface area contributed by atoms with E-state index in [1.54, 1.807) is 0 Å². The Labute approximate surface area is 133 Å². The maximum absolute atomic E-state index is 3.32. The number of hydrogen-bond acceptors (Lipinski definition) is 1. The Morgan fingerprint density at radius 2 is 1.52 bits per heavy atom. The molecule has 0 heterocycles. The average Bonchev–Trinajstić information content (AvgIpc) is 2.48. The van der Waals surface area contributed by atoms with Gasteiger partial charge in [-0.3, -0.25) is 0 Å². The van der Waals surface area contributed by atoms with Crippen molar-refractivity contribution in [3.05, 3.63) is 29.8 Å². The summed E-state index contributed by atoms with van der Waals surface area (Å²) < 4.78 is 0. The number of rotatable bonds is 8. The fourth-order valence-electron chi connectivity index (χ4n) is 2.18. The van der Waals surface area contributed by atoms with Gasteiger partial charge in [0.25, 0.3) is 0 Å². The summed E-state index contributed by atoms with van der Waals surface area (Å²) in [5.41, 5.74) is 2.50. The van der Waals surface area contributed by atoms with Crippen molar-refractivity contribution >= 4 is 14.5 Å². The van der Waals surface area contributed by atoms with E-state index >= 15 is 0 Å². The first-order valence-corrected chi connectivity index (χ1v) is 11.6. The van der Waals surface area contributed by atoms with Crippen LogP contribution in [0.25, 0.3) is 0 Å². The van der Waals surface area contributed by atoms with Crippen LogP contribution in [0, 0.1) is 11.8 Å². The first-order valence-electron chi connectivity index (χ1n) is 8.51. The van der Waals surface area contributed by atoms with E-state index in [1.165, 1.54) is 44.5 Å². The maximum atomic E-state index is 3.32. The molecule has 0 unspecified atom stereocenters. The van der Waals surface area contributed by atoms with Crippen LogP contribution in [0.3, 0.4) is 0 Å². The van der Waals surface area contributed by atoms with Gasteiger partial charge >= 0.3 is 0 Å². The van der Waals surface area contributed by atoms with E-state index in [2.05, 4.69) is 67.9 Å². The van der Waals surface area contributed by atoms with Crippen LogP contribution in [0.4, 0.5) is 5.69 Å². The molecule has 0 aromatic heterocycles. The van der Waals surface area contributed by atoms with E-state index in [0.717, 1.165) is 11.6 Å². The van der Waals surface area contributed by atoms with Crippen molar-refractivity contribution in [1.29, 1.82) is 0 Å². The molecular formula is C19H31NSi. The van der Waals surface area contributed by atoms with Gasteiger partial charge in [0.1, 0.15) is 0 Å².